The van der Waals surface area contributed by atoms with E-state index in [4.69, 9.17) is 5.11 Å². The summed E-state index contributed by atoms with van der Waals surface area (Å²) in [6, 6.07) is 0.665. The lowest BCUT2D eigenvalue weighted by atomic mass is 9.84. The van der Waals surface area contributed by atoms with Crippen LogP contribution in [0.25, 0.3) is 0 Å². The van der Waals surface area contributed by atoms with E-state index < -0.39 is 5.97 Å². The molecule has 6 nitrogen and oxygen atoms in total. The summed E-state index contributed by atoms with van der Waals surface area (Å²) in [6.07, 6.45) is 4.05. The Labute approximate surface area is 125 Å². The first-order valence-corrected chi connectivity index (χ1v) is 8.03. The number of nitrogens with zero attached hydrogens (tertiary/aromatic N) is 3. The number of carboxylic acid groups (broad SMARTS) is 1. The highest BCUT2D eigenvalue weighted by Crippen LogP contribution is 2.30. The van der Waals surface area contributed by atoms with E-state index in [-0.39, 0.29) is 11.9 Å². The monoisotopic (exact) mass is 295 g/mol. The van der Waals surface area contributed by atoms with E-state index >= 15 is 0 Å². The molecular formula is C15H25N3O3. The number of rotatable bonds is 1. The SMILES string of the molecule is CN1CCCC2CN(C(=O)N3CCC(C(=O)O)C3)CCC21. The maximum atomic E-state index is 12.6. The van der Waals surface area contributed by atoms with Gasteiger partial charge in [0.25, 0.3) is 0 Å². The number of hydrogen-bond donors (Lipinski definition) is 1. The average molecular weight is 295 g/mol. The maximum Gasteiger partial charge on any atom is 0.320 e. The number of aliphatic carboxylic acids is 1. The van der Waals surface area contributed by atoms with Crippen LogP contribution >= 0.6 is 0 Å². The molecule has 0 aromatic carbocycles. The van der Waals surface area contributed by atoms with E-state index in [0.717, 1.165) is 19.5 Å². The van der Waals surface area contributed by atoms with Gasteiger partial charge < -0.3 is 19.8 Å². The van der Waals surface area contributed by atoms with Gasteiger partial charge in [-0.05, 0) is 45.2 Å². The first kappa shape index (κ1) is 14.6. The van der Waals surface area contributed by atoms with Crippen LogP contribution in [0.15, 0.2) is 0 Å². The molecule has 0 aromatic heterocycles. The molecule has 3 atom stereocenters. The van der Waals surface area contributed by atoms with Gasteiger partial charge in [0.2, 0.25) is 0 Å². The second kappa shape index (κ2) is 5.83. The Hall–Kier alpha value is -1.30. The largest absolute Gasteiger partial charge is 0.481 e. The number of carbonyl (C=O) groups is 2. The van der Waals surface area contributed by atoms with Crippen LogP contribution in [0, 0.1) is 11.8 Å². The third kappa shape index (κ3) is 2.86. The van der Waals surface area contributed by atoms with E-state index in [9.17, 15) is 9.59 Å². The van der Waals surface area contributed by atoms with Gasteiger partial charge in [-0.15, -0.1) is 0 Å². The second-order valence-corrected chi connectivity index (χ2v) is 6.74. The summed E-state index contributed by atoms with van der Waals surface area (Å²) in [5, 5.41) is 9.05. The van der Waals surface area contributed by atoms with Gasteiger partial charge in [-0.2, -0.15) is 0 Å². The third-order valence-corrected chi connectivity index (χ3v) is 5.42. The van der Waals surface area contributed by atoms with E-state index in [1.807, 2.05) is 4.90 Å². The van der Waals surface area contributed by atoms with E-state index in [1.54, 1.807) is 4.90 Å². The van der Waals surface area contributed by atoms with Crippen molar-refractivity contribution >= 4 is 12.0 Å². The summed E-state index contributed by atoms with van der Waals surface area (Å²) in [5.41, 5.74) is 0. The van der Waals surface area contributed by atoms with E-state index in [2.05, 4.69) is 11.9 Å². The number of fused-ring (bicyclic) bond motifs is 1. The van der Waals surface area contributed by atoms with Crippen LogP contribution in [0.3, 0.4) is 0 Å². The average Bonchev–Trinajstić information content (AvgIpc) is 2.96. The molecule has 0 bridgehead atoms. The fourth-order valence-corrected chi connectivity index (χ4v) is 4.16. The Morgan fingerprint density at radius 3 is 2.43 bits per heavy atom. The maximum absolute atomic E-state index is 12.6. The van der Waals surface area contributed by atoms with Crippen molar-refractivity contribution in [2.75, 3.05) is 39.8 Å². The first-order chi connectivity index (χ1) is 10.1. The number of carbonyl (C=O) groups excluding carboxylic acids is 1. The fourth-order valence-electron chi connectivity index (χ4n) is 4.16. The minimum absolute atomic E-state index is 0.0467. The molecule has 0 radical (unpaired) electrons. The molecule has 118 valence electrons. The van der Waals surface area contributed by atoms with Crippen molar-refractivity contribution in [3.05, 3.63) is 0 Å². The third-order valence-electron chi connectivity index (χ3n) is 5.42. The van der Waals surface area contributed by atoms with Crippen LogP contribution in [0.4, 0.5) is 4.79 Å². The topological polar surface area (TPSA) is 64.1 Å². The van der Waals surface area contributed by atoms with Crippen molar-refractivity contribution in [1.82, 2.24) is 14.7 Å². The van der Waals surface area contributed by atoms with Crippen molar-refractivity contribution < 1.29 is 14.7 Å². The summed E-state index contributed by atoms with van der Waals surface area (Å²) < 4.78 is 0. The van der Waals surface area contributed by atoms with E-state index in [0.29, 0.717) is 31.5 Å². The van der Waals surface area contributed by atoms with Crippen LogP contribution < -0.4 is 0 Å². The molecule has 0 spiro atoms. The molecule has 3 rings (SSSR count). The zero-order valence-corrected chi connectivity index (χ0v) is 12.7. The Morgan fingerprint density at radius 2 is 1.71 bits per heavy atom. The smallest absolute Gasteiger partial charge is 0.320 e. The molecule has 1 N–H and O–H groups in total. The first-order valence-electron chi connectivity index (χ1n) is 8.03. The highest BCUT2D eigenvalue weighted by atomic mass is 16.4. The molecule has 3 aliphatic rings. The van der Waals surface area contributed by atoms with Crippen molar-refractivity contribution in [1.29, 1.82) is 0 Å². The molecule has 3 heterocycles. The molecular weight excluding hydrogens is 270 g/mol. The molecule has 2 amide bonds. The Balaban J connectivity index is 1.58. The van der Waals surface area contributed by atoms with Crippen molar-refractivity contribution in [2.24, 2.45) is 11.8 Å². The van der Waals surface area contributed by atoms with Crippen LogP contribution in [0.5, 0.6) is 0 Å². The number of likely N-dealkylation sites (tertiary alicyclic amines) is 3. The summed E-state index contributed by atoms with van der Waals surface area (Å²) in [4.78, 5) is 29.7. The predicted molar refractivity (Wildman–Crippen MR) is 78.0 cm³/mol. The van der Waals surface area contributed by atoms with Crippen LogP contribution in [-0.4, -0.2) is 77.6 Å². The predicted octanol–water partition coefficient (Wildman–Crippen LogP) is 0.929. The van der Waals surface area contributed by atoms with Crippen LogP contribution in [-0.2, 0) is 4.79 Å². The number of carboxylic acids is 1. The summed E-state index contributed by atoms with van der Waals surface area (Å²) in [5.74, 6) is -0.579. The molecule has 0 aromatic rings. The van der Waals surface area contributed by atoms with Gasteiger partial charge in [0.15, 0.2) is 0 Å². The standard InChI is InChI=1S/C15H25N3O3/c1-16-6-2-3-11-9-18(8-5-13(11)16)15(21)17-7-4-12(10-17)14(19)20/h11-13H,2-10H2,1H3,(H,19,20). The lowest BCUT2D eigenvalue weighted by Crippen LogP contribution is -2.56. The number of urea groups is 1. The van der Waals surface area contributed by atoms with Crippen molar-refractivity contribution in [3.63, 3.8) is 0 Å². The second-order valence-electron chi connectivity index (χ2n) is 6.74. The quantitative estimate of drug-likeness (QED) is 0.781. The fraction of sp³-hybridized carbons (Fsp3) is 0.867. The van der Waals surface area contributed by atoms with Crippen molar-refractivity contribution in [3.8, 4) is 0 Å². The summed E-state index contributed by atoms with van der Waals surface area (Å²) in [7, 11) is 2.19. The minimum Gasteiger partial charge on any atom is -0.481 e. The molecule has 21 heavy (non-hydrogen) atoms. The molecule has 6 heteroatoms. The molecule has 3 fully saturated rings. The zero-order valence-electron chi connectivity index (χ0n) is 12.7. The normalized spacial score (nSPS) is 33.9. The zero-order chi connectivity index (χ0) is 15.0. The van der Waals surface area contributed by atoms with Gasteiger partial charge in [0, 0.05) is 32.2 Å². The number of piperidine rings is 2. The van der Waals surface area contributed by atoms with Crippen LogP contribution in [0.2, 0.25) is 0 Å². The number of amides is 2. The van der Waals surface area contributed by atoms with Gasteiger partial charge in [-0.1, -0.05) is 0 Å². The molecule has 3 unspecified atom stereocenters. The van der Waals surface area contributed by atoms with Gasteiger partial charge >= 0.3 is 12.0 Å². The highest BCUT2D eigenvalue weighted by molar-refractivity contribution is 5.77. The Bertz CT molecular complexity index is 428. The lowest BCUT2D eigenvalue weighted by Gasteiger charge is -2.46. The van der Waals surface area contributed by atoms with Crippen molar-refractivity contribution in [2.45, 2.75) is 31.7 Å². The molecule has 0 aliphatic carbocycles. The summed E-state index contributed by atoms with van der Waals surface area (Å²) >= 11 is 0. The summed E-state index contributed by atoms with van der Waals surface area (Å²) in [6.45, 7) is 3.77. The molecule has 3 aliphatic heterocycles. The minimum atomic E-state index is -0.780. The van der Waals surface area contributed by atoms with Gasteiger partial charge in [-0.25, -0.2) is 4.79 Å². The lowest BCUT2D eigenvalue weighted by molar-refractivity contribution is -0.141. The highest BCUT2D eigenvalue weighted by Gasteiger charge is 2.39. The molecule has 3 saturated heterocycles. The number of hydrogen-bond acceptors (Lipinski definition) is 3. The van der Waals surface area contributed by atoms with Gasteiger partial charge in [0.05, 0.1) is 5.92 Å². The van der Waals surface area contributed by atoms with Gasteiger partial charge in [0.1, 0.15) is 0 Å². The Kier molecular flexibility index (Phi) is 4.06. The van der Waals surface area contributed by atoms with E-state index in [1.165, 1.54) is 19.4 Å². The van der Waals surface area contributed by atoms with Crippen LogP contribution in [0.1, 0.15) is 25.7 Å². The molecule has 0 saturated carbocycles. The van der Waals surface area contributed by atoms with Gasteiger partial charge in [-0.3, -0.25) is 4.79 Å². The Morgan fingerprint density at radius 1 is 1.00 bits per heavy atom.